The number of ketones is 1. The fourth-order valence-corrected chi connectivity index (χ4v) is 3.16. The van der Waals surface area contributed by atoms with E-state index in [0.717, 1.165) is 19.3 Å². The van der Waals surface area contributed by atoms with Crippen LogP contribution in [0.2, 0.25) is 0 Å². The van der Waals surface area contributed by atoms with Gasteiger partial charge < -0.3 is 4.74 Å². The molecule has 0 radical (unpaired) electrons. The third kappa shape index (κ3) is 1.92. The zero-order chi connectivity index (χ0) is 10.8. The van der Waals surface area contributed by atoms with Crippen LogP contribution in [0.4, 0.5) is 0 Å². The van der Waals surface area contributed by atoms with Gasteiger partial charge in [0, 0.05) is 6.42 Å². The minimum absolute atomic E-state index is 0.110. The minimum Gasteiger partial charge on any atom is -0.468 e. The maximum atomic E-state index is 11.8. The van der Waals surface area contributed by atoms with Gasteiger partial charge >= 0.3 is 5.97 Å². The van der Waals surface area contributed by atoms with Crippen molar-refractivity contribution in [1.29, 1.82) is 0 Å². The first-order valence-electron chi connectivity index (χ1n) is 5.84. The Morgan fingerprint density at radius 3 is 2.73 bits per heavy atom. The molecule has 2 saturated carbocycles. The minimum atomic E-state index is -0.446. The summed E-state index contributed by atoms with van der Waals surface area (Å²) in [5.41, 5.74) is 0. The first kappa shape index (κ1) is 10.7. The second-order valence-corrected chi connectivity index (χ2v) is 4.73. The fourth-order valence-electron chi connectivity index (χ4n) is 3.16. The third-order valence-corrected chi connectivity index (χ3v) is 3.91. The highest BCUT2D eigenvalue weighted by molar-refractivity contribution is 6.01. The summed E-state index contributed by atoms with van der Waals surface area (Å²) in [4.78, 5) is 23.3. The van der Waals surface area contributed by atoms with E-state index in [4.69, 9.17) is 4.74 Å². The normalized spacial score (nSPS) is 35.8. The van der Waals surface area contributed by atoms with E-state index in [-0.39, 0.29) is 17.7 Å². The van der Waals surface area contributed by atoms with Crippen LogP contribution in [0.15, 0.2) is 0 Å². The molecule has 0 aromatic heterocycles. The molecule has 3 heteroatoms. The van der Waals surface area contributed by atoms with Crippen LogP contribution >= 0.6 is 0 Å². The summed E-state index contributed by atoms with van der Waals surface area (Å²) in [6, 6.07) is 0. The van der Waals surface area contributed by atoms with Crippen molar-refractivity contribution in [2.24, 2.45) is 17.8 Å². The Balaban J connectivity index is 2.15. The lowest BCUT2D eigenvalue weighted by Gasteiger charge is -2.19. The molecule has 0 saturated heterocycles. The van der Waals surface area contributed by atoms with Gasteiger partial charge in [-0.3, -0.25) is 9.59 Å². The van der Waals surface area contributed by atoms with Gasteiger partial charge in [-0.25, -0.2) is 0 Å². The highest BCUT2D eigenvalue weighted by atomic mass is 16.5. The van der Waals surface area contributed by atoms with Gasteiger partial charge in [-0.1, -0.05) is 19.3 Å². The maximum absolute atomic E-state index is 11.8. The molecule has 0 amide bonds. The first-order chi connectivity index (χ1) is 7.24. The molecule has 0 aromatic carbocycles. The third-order valence-electron chi connectivity index (χ3n) is 3.91. The van der Waals surface area contributed by atoms with Crippen LogP contribution < -0.4 is 0 Å². The summed E-state index contributed by atoms with van der Waals surface area (Å²) in [6.07, 6.45) is 6.35. The Bertz CT molecular complexity index is 272. The second-order valence-electron chi connectivity index (χ2n) is 4.73. The van der Waals surface area contributed by atoms with E-state index in [1.165, 1.54) is 20.0 Å². The van der Waals surface area contributed by atoms with Gasteiger partial charge in [-0.15, -0.1) is 0 Å². The van der Waals surface area contributed by atoms with Gasteiger partial charge in [0.25, 0.3) is 0 Å². The van der Waals surface area contributed by atoms with E-state index >= 15 is 0 Å². The molecule has 0 unspecified atom stereocenters. The molecular formula is C12H18O3. The van der Waals surface area contributed by atoms with Gasteiger partial charge in [-0.05, 0) is 24.7 Å². The van der Waals surface area contributed by atoms with E-state index in [0.29, 0.717) is 12.3 Å². The Morgan fingerprint density at radius 2 is 2.00 bits per heavy atom. The summed E-state index contributed by atoms with van der Waals surface area (Å²) >= 11 is 0. The molecule has 2 fully saturated rings. The number of carbonyl (C=O) groups is 2. The monoisotopic (exact) mass is 210 g/mol. The summed E-state index contributed by atoms with van der Waals surface area (Å²) < 4.78 is 4.73. The molecule has 0 N–H and O–H groups in total. The molecule has 3 atom stereocenters. The number of rotatable bonds is 1. The topological polar surface area (TPSA) is 43.4 Å². The standard InChI is InChI=1S/C12H18O3/c1-15-12(14)11-9-6-4-2-3-5-8(9)7-10(11)13/h8-9,11H,2-7H2,1H3/t8-,9+,11-/m1/s1. The first-order valence-corrected chi connectivity index (χ1v) is 5.84. The highest BCUT2D eigenvalue weighted by Crippen LogP contribution is 2.43. The van der Waals surface area contributed by atoms with Crippen molar-refractivity contribution < 1.29 is 14.3 Å². The summed E-state index contributed by atoms with van der Waals surface area (Å²) in [5, 5.41) is 0. The van der Waals surface area contributed by atoms with Crippen LogP contribution in [0.3, 0.4) is 0 Å². The van der Waals surface area contributed by atoms with Crippen molar-refractivity contribution in [3.8, 4) is 0 Å². The SMILES string of the molecule is COC(=O)[C@H]1C(=O)C[C@H]2CCCCC[C@@H]21. The fraction of sp³-hybridized carbons (Fsp3) is 0.833. The summed E-state index contributed by atoms with van der Waals surface area (Å²) in [6.45, 7) is 0. The molecule has 0 bridgehead atoms. The van der Waals surface area contributed by atoms with Crippen LogP contribution in [0, 0.1) is 17.8 Å². The van der Waals surface area contributed by atoms with Crippen molar-refractivity contribution >= 4 is 11.8 Å². The zero-order valence-electron chi connectivity index (χ0n) is 9.20. The number of carbonyl (C=O) groups excluding carboxylic acids is 2. The van der Waals surface area contributed by atoms with Crippen molar-refractivity contribution in [1.82, 2.24) is 0 Å². The Labute approximate surface area is 90.2 Å². The van der Waals surface area contributed by atoms with Gasteiger partial charge in [0.15, 0.2) is 0 Å². The van der Waals surface area contributed by atoms with E-state index in [1.54, 1.807) is 0 Å². The van der Waals surface area contributed by atoms with Gasteiger partial charge in [0.05, 0.1) is 7.11 Å². The lowest BCUT2D eigenvalue weighted by atomic mass is 9.85. The molecule has 3 nitrogen and oxygen atoms in total. The lowest BCUT2D eigenvalue weighted by Crippen LogP contribution is -2.27. The number of methoxy groups -OCH3 is 1. The molecule has 0 heterocycles. The molecule has 15 heavy (non-hydrogen) atoms. The number of hydrogen-bond acceptors (Lipinski definition) is 3. The number of Topliss-reactive ketones (excluding diaryl/α,β-unsaturated/α-hetero) is 1. The molecule has 0 spiro atoms. The van der Waals surface area contributed by atoms with Crippen LogP contribution in [0.25, 0.3) is 0 Å². The zero-order valence-corrected chi connectivity index (χ0v) is 9.20. The summed E-state index contributed by atoms with van der Waals surface area (Å²) in [5.74, 6) is 0.0720. The molecule has 0 aromatic rings. The van der Waals surface area contributed by atoms with Gasteiger partial charge in [-0.2, -0.15) is 0 Å². The molecule has 2 aliphatic rings. The van der Waals surface area contributed by atoms with Crippen molar-refractivity contribution in [2.45, 2.75) is 38.5 Å². The van der Waals surface area contributed by atoms with Gasteiger partial charge in [0.2, 0.25) is 0 Å². The lowest BCUT2D eigenvalue weighted by molar-refractivity contribution is -0.150. The number of ether oxygens (including phenoxy) is 1. The van der Waals surface area contributed by atoms with Crippen LogP contribution in [-0.4, -0.2) is 18.9 Å². The van der Waals surface area contributed by atoms with Crippen LogP contribution in [0.1, 0.15) is 38.5 Å². The molecular weight excluding hydrogens is 192 g/mol. The second kappa shape index (κ2) is 4.33. The van der Waals surface area contributed by atoms with Crippen molar-refractivity contribution in [3.63, 3.8) is 0 Å². The van der Waals surface area contributed by atoms with E-state index in [2.05, 4.69) is 0 Å². The number of esters is 1. The molecule has 0 aliphatic heterocycles. The average molecular weight is 210 g/mol. The predicted octanol–water partition coefficient (Wildman–Crippen LogP) is 1.94. The summed E-state index contributed by atoms with van der Waals surface area (Å²) in [7, 11) is 1.37. The predicted molar refractivity (Wildman–Crippen MR) is 55.2 cm³/mol. The van der Waals surface area contributed by atoms with Gasteiger partial charge in [0.1, 0.15) is 11.7 Å². The molecule has 2 rings (SSSR count). The van der Waals surface area contributed by atoms with Crippen molar-refractivity contribution in [3.05, 3.63) is 0 Å². The molecule has 2 aliphatic carbocycles. The smallest absolute Gasteiger partial charge is 0.316 e. The number of fused-ring (bicyclic) bond motifs is 1. The molecule has 84 valence electrons. The number of hydrogen-bond donors (Lipinski definition) is 0. The quantitative estimate of drug-likeness (QED) is 0.490. The maximum Gasteiger partial charge on any atom is 0.316 e. The van der Waals surface area contributed by atoms with E-state index in [1.807, 2.05) is 0 Å². The largest absolute Gasteiger partial charge is 0.468 e. The Kier molecular flexibility index (Phi) is 3.08. The van der Waals surface area contributed by atoms with E-state index in [9.17, 15) is 9.59 Å². The van der Waals surface area contributed by atoms with Crippen LogP contribution in [0.5, 0.6) is 0 Å². The van der Waals surface area contributed by atoms with Crippen molar-refractivity contribution in [2.75, 3.05) is 7.11 Å². The Hall–Kier alpha value is -0.860. The average Bonchev–Trinajstić information content (AvgIpc) is 2.40. The van der Waals surface area contributed by atoms with E-state index < -0.39 is 5.92 Å². The van der Waals surface area contributed by atoms with Crippen LogP contribution in [-0.2, 0) is 14.3 Å². The highest BCUT2D eigenvalue weighted by Gasteiger charge is 2.46. The Morgan fingerprint density at radius 1 is 1.27 bits per heavy atom.